The molecule has 0 rings (SSSR count). The van der Waals surface area contributed by atoms with E-state index in [0.29, 0.717) is 26.1 Å². The van der Waals surface area contributed by atoms with E-state index in [1.54, 1.807) is 0 Å². The fraction of sp³-hybridized carbons (Fsp3) is 1.00. The third-order valence-electron chi connectivity index (χ3n) is 3.46. The van der Waals surface area contributed by atoms with Gasteiger partial charge >= 0.3 is 8.80 Å². The van der Waals surface area contributed by atoms with Gasteiger partial charge in [-0.05, 0) is 40.0 Å². The molecule has 23 heavy (non-hydrogen) atoms. The second kappa shape index (κ2) is 12.4. The maximum absolute atomic E-state index is 10.8. The van der Waals surface area contributed by atoms with Gasteiger partial charge in [0.05, 0.1) is 5.75 Å². The van der Waals surface area contributed by atoms with Crippen LogP contribution in [0.5, 0.6) is 0 Å². The van der Waals surface area contributed by atoms with E-state index in [0.717, 1.165) is 18.9 Å². The number of unbranched alkanes of at least 4 members (excludes halogenated alkanes) is 3. The van der Waals surface area contributed by atoms with Crippen LogP contribution in [0.1, 0.15) is 66.2 Å². The lowest BCUT2D eigenvalue weighted by atomic mass is 10.2. The zero-order valence-electron chi connectivity index (χ0n) is 15.0. The van der Waals surface area contributed by atoms with Crippen molar-refractivity contribution in [2.24, 2.45) is 0 Å². The topological polar surface area (TPSA) is 82.1 Å². The highest BCUT2D eigenvalue weighted by molar-refractivity contribution is 7.85. The van der Waals surface area contributed by atoms with Gasteiger partial charge in [-0.3, -0.25) is 4.55 Å². The Kier molecular flexibility index (Phi) is 12.4. The molecule has 1 N–H and O–H groups in total. The minimum Gasteiger partial charge on any atom is -0.374 e. The summed E-state index contributed by atoms with van der Waals surface area (Å²) in [4.78, 5) is 0. The molecule has 0 aromatic carbocycles. The molecule has 140 valence electrons. The van der Waals surface area contributed by atoms with E-state index < -0.39 is 18.9 Å². The molecule has 0 aromatic heterocycles. The summed E-state index contributed by atoms with van der Waals surface area (Å²) in [5.74, 6) is -0.241. The summed E-state index contributed by atoms with van der Waals surface area (Å²) >= 11 is 0. The summed E-state index contributed by atoms with van der Waals surface area (Å²) < 4.78 is 48.3. The molecule has 8 heteroatoms. The molecular formula is C15H34O6SSi. The molecule has 1 atom stereocenters. The van der Waals surface area contributed by atoms with E-state index in [4.69, 9.17) is 17.8 Å². The standard InChI is InChI=1S/C15H34O6SSi/c1-5-8-9-10-14-23(19-6-2,20-7-3)21-15(4)12-11-13-22(16,17)18/h15H,5-14H2,1-4H3,(H,16,17,18). The van der Waals surface area contributed by atoms with E-state index in [1.165, 1.54) is 12.8 Å². The molecule has 0 saturated heterocycles. The first kappa shape index (κ1) is 23.0. The SMILES string of the molecule is CCCCCC[Si](OCC)(OCC)OC(C)CCCS(=O)(=O)O. The second-order valence-corrected chi connectivity index (χ2v) is 9.97. The van der Waals surface area contributed by atoms with E-state index in [1.807, 2.05) is 20.8 Å². The average molecular weight is 371 g/mol. The minimum absolute atomic E-state index is 0.160. The maximum Gasteiger partial charge on any atom is 0.501 e. The lowest BCUT2D eigenvalue weighted by molar-refractivity contribution is 0.0349. The highest BCUT2D eigenvalue weighted by Gasteiger charge is 2.41. The molecule has 0 radical (unpaired) electrons. The van der Waals surface area contributed by atoms with Gasteiger partial charge in [0, 0.05) is 25.4 Å². The summed E-state index contributed by atoms with van der Waals surface area (Å²) in [6.45, 7) is 9.01. The van der Waals surface area contributed by atoms with E-state index in [-0.39, 0.29) is 11.9 Å². The zero-order valence-corrected chi connectivity index (χ0v) is 16.9. The molecular weight excluding hydrogens is 336 g/mol. The maximum atomic E-state index is 10.8. The molecule has 0 heterocycles. The highest BCUT2D eigenvalue weighted by Crippen LogP contribution is 2.23. The molecule has 0 aliphatic rings. The van der Waals surface area contributed by atoms with Gasteiger partial charge < -0.3 is 13.3 Å². The summed E-state index contributed by atoms with van der Waals surface area (Å²) in [7, 11) is -6.63. The van der Waals surface area contributed by atoms with Crippen LogP contribution in [-0.4, -0.2) is 46.8 Å². The zero-order chi connectivity index (χ0) is 17.8. The lowest BCUT2D eigenvalue weighted by Gasteiger charge is -2.32. The minimum atomic E-state index is -3.91. The van der Waals surface area contributed by atoms with Crippen LogP contribution in [0.3, 0.4) is 0 Å². The van der Waals surface area contributed by atoms with Crippen LogP contribution in [0.15, 0.2) is 0 Å². The molecule has 0 aromatic rings. The van der Waals surface area contributed by atoms with Gasteiger partial charge in [-0.15, -0.1) is 0 Å². The van der Waals surface area contributed by atoms with E-state index >= 15 is 0 Å². The van der Waals surface area contributed by atoms with Gasteiger partial charge in [0.2, 0.25) is 0 Å². The first-order chi connectivity index (χ1) is 10.8. The van der Waals surface area contributed by atoms with Gasteiger partial charge in [0.15, 0.2) is 0 Å². The Morgan fingerprint density at radius 3 is 2.09 bits per heavy atom. The van der Waals surface area contributed by atoms with Crippen molar-refractivity contribution in [2.45, 2.75) is 78.4 Å². The predicted molar refractivity (Wildman–Crippen MR) is 94.2 cm³/mol. The van der Waals surface area contributed by atoms with Crippen LogP contribution in [0, 0.1) is 0 Å². The molecule has 1 unspecified atom stereocenters. The Balaban J connectivity index is 4.56. The molecule has 0 bridgehead atoms. The highest BCUT2D eigenvalue weighted by atomic mass is 32.2. The van der Waals surface area contributed by atoms with Gasteiger partial charge in [-0.1, -0.05) is 26.2 Å². The van der Waals surface area contributed by atoms with Crippen molar-refractivity contribution >= 4 is 18.9 Å². The largest absolute Gasteiger partial charge is 0.501 e. The molecule has 0 amide bonds. The van der Waals surface area contributed by atoms with E-state index in [2.05, 4.69) is 6.92 Å². The quantitative estimate of drug-likeness (QED) is 0.269. The van der Waals surface area contributed by atoms with Gasteiger partial charge in [0.1, 0.15) is 0 Å². The van der Waals surface area contributed by atoms with Crippen LogP contribution in [0.4, 0.5) is 0 Å². The van der Waals surface area contributed by atoms with Crippen LogP contribution in [0.25, 0.3) is 0 Å². The Bertz CT molecular complexity index is 381. The van der Waals surface area contributed by atoms with Crippen LogP contribution >= 0.6 is 0 Å². The summed E-state index contributed by atoms with van der Waals surface area (Å²) in [6, 6.07) is 0.789. The Labute approximate surface area is 143 Å². The number of hydrogen-bond acceptors (Lipinski definition) is 5. The second-order valence-electron chi connectivity index (χ2n) is 5.72. The Morgan fingerprint density at radius 2 is 1.61 bits per heavy atom. The molecule has 0 spiro atoms. The summed E-state index contributed by atoms with van der Waals surface area (Å²) in [5, 5.41) is 0. The number of hydrogen-bond donors (Lipinski definition) is 1. The van der Waals surface area contributed by atoms with Crippen molar-refractivity contribution in [1.29, 1.82) is 0 Å². The van der Waals surface area contributed by atoms with Gasteiger partial charge in [-0.25, -0.2) is 0 Å². The number of rotatable bonds is 15. The fourth-order valence-corrected chi connectivity index (χ4v) is 5.89. The average Bonchev–Trinajstić information content (AvgIpc) is 2.43. The van der Waals surface area contributed by atoms with Gasteiger partial charge in [0.25, 0.3) is 10.1 Å². The molecule has 0 fully saturated rings. The first-order valence-corrected chi connectivity index (χ1v) is 12.2. The Hall–Kier alpha value is 0.00688. The first-order valence-electron chi connectivity index (χ1n) is 8.69. The van der Waals surface area contributed by atoms with E-state index in [9.17, 15) is 8.42 Å². The van der Waals surface area contributed by atoms with Crippen molar-refractivity contribution < 1.29 is 26.2 Å². The Morgan fingerprint density at radius 1 is 1.00 bits per heavy atom. The monoisotopic (exact) mass is 370 g/mol. The van der Waals surface area contributed by atoms with Crippen molar-refractivity contribution in [2.75, 3.05) is 19.0 Å². The predicted octanol–water partition coefficient (Wildman–Crippen LogP) is 3.65. The normalized spacial score (nSPS) is 14.1. The van der Waals surface area contributed by atoms with Crippen molar-refractivity contribution in [3.63, 3.8) is 0 Å². The lowest BCUT2D eigenvalue weighted by Crippen LogP contribution is -2.48. The van der Waals surface area contributed by atoms with Crippen molar-refractivity contribution in [1.82, 2.24) is 0 Å². The molecule has 0 aliphatic heterocycles. The van der Waals surface area contributed by atoms with Crippen LogP contribution in [0.2, 0.25) is 6.04 Å². The molecule has 0 saturated carbocycles. The van der Waals surface area contributed by atoms with Crippen molar-refractivity contribution in [3.05, 3.63) is 0 Å². The molecule has 0 aliphatic carbocycles. The summed E-state index contributed by atoms with van der Waals surface area (Å²) in [5.41, 5.74) is 0. The van der Waals surface area contributed by atoms with Crippen LogP contribution in [-0.2, 0) is 23.4 Å². The third-order valence-corrected chi connectivity index (χ3v) is 7.45. The third kappa shape index (κ3) is 12.1. The fourth-order valence-electron chi connectivity index (χ4n) is 2.44. The summed E-state index contributed by atoms with van der Waals surface area (Å²) in [6.07, 6.45) is 5.25. The van der Waals surface area contributed by atoms with Crippen molar-refractivity contribution in [3.8, 4) is 0 Å². The smallest absolute Gasteiger partial charge is 0.374 e. The molecule has 6 nitrogen and oxygen atoms in total. The van der Waals surface area contributed by atoms with Gasteiger partial charge in [-0.2, -0.15) is 8.42 Å². The van der Waals surface area contributed by atoms with Crippen LogP contribution < -0.4 is 0 Å².